The van der Waals surface area contributed by atoms with E-state index in [1.54, 1.807) is 32.9 Å². The van der Waals surface area contributed by atoms with Gasteiger partial charge in [0.2, 0.25) is 0 Å². The first kappa shape index (κ1) is 52.5. The lowest BCUT2D eigenvalue weighted by molar-refractivity contribution is -0.161. The third-order valence-electron chi connectivity index (χ3n) is 9.91. The van der Waals surface area contributed by atoms with Crippen molar-refractivity contribution in [1.82, 2.24) is 0 Å². The number of carbonyl (C=O) groups is 5. The second-order valence-electron chi connectivity index (χ2n) is 15.8. The van der Waals surface area contributed by atoms with Crippen LogP contribution in [0.3, 0.4) is 0 Å². The fourth-order valence-electron chi connectivity index (χ4n) is 6.20. The molecule has 0 aromatic heterocycles. The summed E-state index contributed by atoms with van der Waals surface area (Å²) in [6.07, 6.45) is 14.0. The highest BCUT2D eigenvalue weighted by Crippen LogP contribution is 2.43. The van der Waals surface area contributed by atoms with Crippen molar-refractivity contribution in [3.63, 3.8) is 0 Å². The quantitative estimate of drug-likeness (QED) is 0.0430. The number of ether oxygens (including phenoxy) is 2. The molecule has 1 aliphatic carbocycles. The largest absolute Gasteiger partial charge is 0.480 e. The van der Waals surface area contributed by atoms with Gasteiger partial charge in [-0.15, -0.1) is 0 Å². The van der Waals surface area contributed by atoms with Crippen LogP contribution >= 0.6 is 7.82 Å². The van der Waals surface area contributed by atoms with Gasteiger partial charge in [0.15, 0.2) is 17.7 Å². The first-order valence-corrected chi connectivity index (χ1v) is 22.3. The zero-order chi connectivity index (χ0) is 43.8. The summed E-state index contributed by atoms with van der Waals surface area (Å²) in [7, 11) is -4.63. The summed E-state index contributed by atoms with van der Waals surface area (Å²) in [5.74, 6) is -0.0821. The second-order valence-corrected chi connectivity index (χ2v) is 17.3. The normalized spacial score (nSPS) is 16.1. The van der Waals surface area contributed by atoms with Gasteiger partial charge in [0.05, 0.1) is 13.2 Å². The van der Waals surface area contributed by atoms with Gasteiger partial charge in [0.25, 0.3) is 0 Å². The molecule has 0 bridgehead atoms. The fraction of sp³-hybridized carbons (Fsp3) is 0.659. The molecule has 0 radical (unpaired) electrons. The maximum absolute atomic E-state index is 12.9. The molecule has 0 saturated carbocycles. The lowest BCUT2D eigenvalue weighted by Crippen LogP contribution is -2.34. The van der Waals surface area contributed by atoms with E-state index in [9.17, 15) is 33.4 Å². The highest BCUT2D eigenvalue weighted by atomic mass is 31.2. The van der Waals surface area contributed by atoms with E-state index in [-0.39, 0.29) is 31.0 Å². The number of carboxylic acids is 1. The predicted molar refractivity (Wildman–Crippen MR) is 224 cm³/mol. The number of rotatable bonds is 27. The van der Waals surface area contributed by atoms with Crippen LogP contribution in [0.2, 0.25) is 0 Å². The number of carboxylic acid groups (broad SMARTS) is 1. The van der Waals surface area contributed by atoms with E-state index in [2.05, 4.69) is 49.7 Å². The van der Waals surface area contributed by atoms with Crippen LogP contribution in [0.4, 0.5) is 0 Å². The molecule has 3 unspecified atom stereocenters. The number of Topliss-reactive ketones (excluding diaryl/α,β-unsaturated/α-hetero) is 2. The molecule has 328 valence electrons. The topological polar surface area (TPSA) is 206 Å². The van der Waals surface area contributed by atoms with Crippen LogP contribution in [0.15, 0.2) is 47.1 Å². The van der Waals surface area contributed by atoms with Gasteiger partial charge in [-0.2, -0.15) is 0 Å². The highest BCUT2D eigenvalue weighted by Gasteiger charge is 2.29. The minimum atomic E-state index is -4.63. The Morgan fingerprint density at radius 1 is 0.810 bits per heavy atom. The van der Waals surface area contributed by atoms with Crippen molar-refractivity contribution >= 4 is 37.3 Å². The molecular weight excluding hydrogens is 765 g/mol. The Hall–Kier alpha value is -3.48. The molecule has 1 aliphatic rings. The molecule has 5 atom stereocenters. The van der Waals surface area contributed by atoms with Crippen molar-refractivity contribution in [3.8, 4) is 0 Å². The van der Waals surface area contributed by atoms with Crippen molar-refractivity contribution in [2.45, 2.75) is 151 Å². The number of ketones is 2. The fourth-order valence-corrected chi connectivity index (χ4v) is 6.97. The molecule has 13 nitrogen and oxygen atoms in total. The number of allylic oxidation sites excluding steroid dienone is 4. The monoisotopic (exact) mass is 835 g/mol. The number of benzene rings is 1. The minimum Gasteiger partial charge on any atom is -0.480 e. The van der Waals surface area contributed by atoms with E-state index in [1.165, 1.54) is 56.9 Å². The van der Waals surface area contributed by atoms with Gasteiger partial charge in [-0.05, 0) is 57.3 Å². The first-order chi connectivity index (χ1) is 27.3. The van der Waals surface area contributed by atoms with Gasteiger partial charge in [-0.3, -0.25) is 33.0 Å². The number of fused-ring (bicyclic) bond motifs is 1. The molecule has 0 aliphatic heterocycles. The van der Waals surface area contributed by atoms with E-state index >= 15 is 0 Å². The Morgan fingerprint density at radius 2 is 1.36 bits per heavy atom. The maximum atomic E-state index is 12.9. The summed E-state index contributed by atoms with van der Waals surface area (Å²) in [5, 5.41) is 8.57. The van der Waals surface area contributed by atoms with Crippen molar-refractivity contribution in [3.05, 3.63) is 58.2 Å². The zero-order valence-electron chi connectivity index (χ0n) is 36.1. The molecule has 0 fully saturated rings. The van der Waals surface area contributed by atoms with E-state index in [1.807, 2.05) is 12.1 Å². The number of hydrogen-bond acceptors (Lipinski definition) is 11. The molecule has 58 heavy (non-hydrogen) atoms. The van der Waals surface area contributed by atoms with Crippen LogP contribution in [-0.4, -0.2) is 71.4 Å². The summed E-state index contributed by atoms with van der Waals surface area (Å²) in [6, 6.07) is 5.67. The van der Waals surface area contributed by atoms with Crippen LogP contribution < -0.4 is 5.73 Å². The number of esters is 2. The van der Waals surface area contributed by atoms with Gasteiger partial charge < -0.3 is 25.2 Å². The number of hydrogen-bond donors (Lipinski definition) is 3. The standard InChI is InChI=1S/C31H46O2.C13H24NO10P/c1-22(2)12-9-13-23(3)14-10-15-24(4)16-11-17-25(5)20-21-27-26(6)30(32)28-18-7-8-19-29(28)31(27)33;1-3-5-12(16)24-9(6-21-11(15)4-2)7-22-25(19,20)23-8-10(14)13(17)18/h7-8,18-20,22-24H,9-17,21H2,1-6H3;9-10H,3-8,14H2,1-2H3,(H,17,18)(H,19,20)/t;9-,10+/m.1/s1. The van der Waals surface area contributed by atoms with E-state index in [0.29, 0.717) is 35.1 Å². The molecule has 4 N–H and O–H groups in total. The Kier molecular flexibility index (Phi) is 25.4. The van der Waals surface area contributed by atoms with Gasteiger partial charge in [-0.25, -0.2) is 4.57 Å². The van der Waals surface area contributed by atoms with Crippen molar-refractivity contribution < 1.29 is 57.1 Å². The molecule has 1 aromatic rings. The minimum absolute atomic E-state index is 0.00526. The van der Waals surface area contributed by atoms with Gasteiger partial charge in [0.1, 0.15) is 12.6 Å². The average molecular weight is 836 g/mol. The zero-order valence-corrected chi connectivity index (χ0v) is 37.0. The Morgan fingerprint density at radius 3 is 1.91 bits per heavy atom. The van der Waals surface area contributed by atoms with Crippen LogP contribution in [0.1, 0.15) is 160 Å². The van der Waals surface area contributed by atoms with E-state index in [4.69, 9.17) is 20.3 Å². The Balaban J connectivity index is 0.000000605. The number of carbonyl (C=O) groups excluding carboxylic acids is 4. The second kappa shape index (κ2) is 28.1. The SMILES string of the molecule is CC(=CCC1=C(C)C(=O)c2ccccc2C1=O)CCCC(C)CCCC(C)CCCC(C)C.CCCC(=O)O[C@H](COC(=O)CC)COP(=O)(O)OC[C@H](N)C(=O)O. The maximum Gasteiger partial charge on any atom is 0.472 e. The van der Waals surface area contributed by atoms with Crippen LogP contribution in [0.5, 0.6) is 0 Å². The van der Waals surface area contributed by atoms with Crippen LogP contribution in [0.25, 0.3) is 0 Å². The van der Waals surface area contributed by atoms with Gasteiger partial charge in [0, 0.05) is 35.1 Å². The Bertz CT molecular complexity index is 1590. The summed E-state index contributed by atoms with van der Waals surface area (Å²) in [4.78, 5) is 68.2. The first-order valence-electron chi connectivity index (χ1n) is 20.8. The third-order valence-corrected chi connectivity index (χ3v) is 10.9. The van der Waals surface area contributed by atoms with Crippen molar-refractivity contribution in [2.24, 2.45) is 23.5 Å². The molecule has 0 amide bonds. The molecule has 0 heterocycles. The average Bonchev–Trinajstić information content (AvgIpc) is 3.17. The summed E-state index contributed by atoms with van der Waals surface area (Å²) in [5.41, 5.74) is 8.82. The van der Waals surface area contributed by atoms with Crippen molar-refractivity contribution in [2.75, 3.05) is 19.8 Å². The molecule has 14 heteroatoms. The van der Waals surface area contributed by atoms with Gasteiger partial charge >= 0.3 is 25.7 Å². The van der Waals surface area contributed by atoms with Crippen LogP contribution in [0, 0.1) is 17.8 Å². The molecule has 0 saturated heterocycles. The van der Waals surface area contributed by atoms with Crippen LogP contribution in [-0.2, 0) is 37.5 Å². The summed E-state index contributed by atoms with van der Waals surface area (Å²) >= 11 is 0. The third kappa shape index (κ3) is 21.5. The Labute approximate surface area is 346 Å². The molecule has 1 aromatic carbocycles. The smallest absolute Gasteiger partial charge is 0.472 e. The number of aliphatic carboxylic acids is 1. The number of phosphoric ester groups is 1. The lowest BCUT2D eigenvalue weighted by atomic mass is 9.83. The highest BCUT2D eigenvalue weighted by molar-refractivity contribution is 7.47. The number of nitrogens with two attached hydrogens (primary N) is 1. The van der Waals surface area contributed by atoms with Crippen molar-refractivity contribution in [1.29, 1.82) is 0 Å². The summed E-state index contributed by atoms with van der Waals surface area (Å²) < 4.78 is 30.6. The summed E-state index contributed by atoms with van der Waals surface area (Å²) in [6.45, 7) is 15.0. The number of phosphoric acid groups is 1. The van der Waals surface area contributed by atoms with Gasteiger partial charge in [-0.1, -0.05) is 122 Å². The molecule has 2 rings (SSSR count). The predicted octanol–water partition coefficient (Wildman–Crippen LogP) is 9.35. The van der Waals surface area contributed by atoms with E-state index < -0.39 is 51.1 Å². The van der Waals surface area contributed by atoms with E-state index in [0.717, 1.165) is 24.2 Å². The molecular formula is C44H70NO12P. The molecule has 0 spiro atoms. The lowest BCUT2D eigenvalue weighted by Gasteiger charge is -2.20.